The Kier molecular flexibility index (Phi) is 5.29. The van der Waals surface area contributed by atoms with Gasteiger partial charge >= 0.3 is 0 Å². The molecule has 0 bridgehead atoms. The Morgan fingerprint density at radius 1 is 1.33 bits per heavy atom. The third-order valence-electron chi connectivity index (χ3n) is 2.94. The van der Waals surface area contributed by atoms with Gasteiger partial charge in [0.2, 0.25) is 0 Å². The van der Waals surface area contributed by atoms with E-state index < -0.39 is 6.10 Å². The van der Waals surface area contributed by atoms with Gasteiger partial charge in [0.15, 0.2) is 0 Å². The third-order valence-corrected chi connectivity index (χ3v) is 2.94. The van der Waals surface area contributed by atoms with Crippen LogP contribution in [-0.4, -0.2) is 28.9 Å². The molecule has 0 saturated heterocycles. The van der Waals surface area contributed by atoms with E-state index in [1.165, 1.54) is 0 Å². The lowest BCUT2D eigenvalue weighted by Crippen LogP contribution is -2.42. The summed E-state index contributed by atoms with van der Waals surface area (Å²) in [6.45, 7) is 4.50. The summed E-state index contributed by atoms with van der Waals surface area (Å²) in [7, 11) is 0. The summed E-state index contributed by atoms with van der Waals surface area (Å²) in [6.07, 6.45) is 0.0170. The molecular formula is C14H20N2O2. The average molecular weight is 248 g/mol. The number of aliphatic hydroxyl groups is 2. The minimum Gasteiger partial charge on any atom is -0.396 e. The molecule has 0 aliphatic rings. The molecule has 1 unspecified atom stereocenters. The Hall–Kier alpha value is -1.41. The SMILES string of the molecule is CC(C)(CCO)NCC(O)c1ccc(C#N)cc1. The van der Waals surface area contributed by atoms with E-state index in [9.17, 15) is 5.11 Å². The molecule has 0 heterocycles. The van der Waals surface area contributed by atoms with Gasteiger partial charge in [0.25, 0.3) is 0 Å². The lowest BCUT2D eigenvalue weighted by molar-refractivity contribution is 0.151. The van der Waals surface area contributed by atoms with Crippen LogP contribution in [0.15, 0.2) is 24.3 Å². The Morgan fingerprint density at radius 2 is 1.94 bits per heavy atom. The highest BCUT2D eigenvalue weighted by Gasteiger charge is 2.18. The molecule has 0 aliphatic heterocycles. The number of rotatable bonds is 6. The zero-order valence-corrected chi connectivity index (χ0v) is 10.8. The van der Waals surface area contributed by atoms with Gasteiger partial charge in [0.1, 0.15) is 0 Å². The summed E-state index contributed by atoms with van der Waals surface area (Å²) >= 11 is 0. The van der Waals surface area contributed by atoms with Crippen LogP contribution in [0.4, 0.5) is 0 Å². The summed E-state index contributed by atoms with van der Waals surface area (Å²) in [4.78, 5) is 0. The van der Waals surface area contributed by atoms with E-state index >= 15 is 0 Å². The standard InChI is InChI=1S/C14H20N2O2/c1-14(2,7-8-17)16-10-13(18)12-5-3-11(9-15)4-6-12/h3-6,13,16-18H,7-8,10H2,1-2H3. The quantitative estimate of drug-likeness (QED) is 0.710. The maximum Gasteiger partial charge on any atom is 0.0991 e. The molecule has 4 heteroatoms. The molecule has 0 aliphatic carbocycles. The Balaban J connectivity index is 2.55. The van der Waals surface area contributed by atoms with Crippen molar-refractivity contribution in [2.75, 3.05) is 13.2 Å². The van der Waals surface area contributed by atoms with E-state index in [4.69, 9.17) is 10.4 Å². The second-order valence-corrected chi connectivity index (χ2v) is 4.99. The highest BCUT2D eigenvalue weighted by atomic mass is 16.3. The van der Waals surface area contributed by atoms with E-state index in [1.54, 1.807) is 24.3 Å². The van der Waals surface area contributed by atoms with Crippen molar-refractivity contribution in [3.05, 3.63) is 35.4 Å². The van der Waals surface area contributed by atoms with Crippen LogP contribution in [0.25, 0.3) is 0 Å². The first kappa shape index (κ1) is 14.7. The molecule has 1 atom stereocenters. The van der Waals surface area contributed by atoms with Crippen molar-refractivity contribution < 1.29 is 10.2 Å². The van der Waals surface area contributed by atoms with Gasteiger partial charge in [-0.15, -0.1) is 0 Å². The molecule has 0 aromatic heterocycles. The van der Waals surface area contributed by atoms with Crippen LogP contribution in [-0.2, 0) is 0 Å². The maximum atomic E-state index is 10.0. The van der Waals surface area contributed by atoms with Crippen LogP contribution in [0.1, 0.15) is 37.5 Å². The first-order valence-electron chi connectivity index (χ1n) is 6.02. The third kappa shape index (κ3) is 4.46. The lowest BCUT2D eigenvalue weighted by atomic mass is 10.00. The number of nitrogens with zero attached hydrogens (tertiary/aromatic N) is 1. The van der Waals surface area contributed by atoms with E-state index in [2.05, 4.69) is 5.32 Å². The van der Waals surface area contributed by atoms with E-state index in [-0.39, 0.29) is 12.1 Å². The van der Waals surface area contributed by atoms with Gasteiger partial charge in [0, 0.05) is 18.7 Å². The largest absolute Gasteiger partial charge is 0.396 e. The Labute approximate surface area is 108 Å². The summed E-state index contributed by atoms with van der Waals surface area (Å²) in [5, 5.41) is 30.8. The topological polar surface area (TPSA) is 76.3 Å². The number of hydrogen-bond donors (Lipinski definition) is 3. The zero-order chi connectivity index (χ0) is 13.6. The van der Waals surface area contributed by atoms with Crippen molar-refractivity contribution in [2.24, 2.45) is 0 Å². The molecule has 0 radical (unpaired) electrons. The van der Waals surface area contributed by atoms with Gasteiger partial charge in [-0.2, -0.15) is 5.26 Å². The molecule has 98 valence electrons. The number of nitriles is 1. The Bertz CT molecular complexity index is 407. The smallest absolute Gasteiger partial charge is 0.0991 e. The summed E-state index contributed by atoms with van der Waals surface area (Å²) in [5.41, 5.74) is 1.16. The molecule has 0 fully saturated rings. The zero-order valence-electron chi connectivity index (χ0n) is 10.8. The number of hydrogen-bond acceptors (Lipinski definition) is 4. The minimum absolute atomic E-state index is 0.118. The summed E-state index contributed by atoms with van der Waals surface area (Å²) in [6, 6.07) is 8.93. The van der Waals surface area contributed by atoms with Crippen LogP contribution in [0.2, 0.25) is 0 Å². The van der Waals surface area contributed by atoms with Crippen LogP contribution in [0, 0.1) is 11.3 Å². The van der Waals surface area contributed by atoms with Crippen molar-refractivity contribution >= 4 is 0 Å². The molecule has 0 saturated carbocycles. The molecule has 1 aromatic carbocycles. The second kappa shape index (κ2) is 6.50. The summed E-state index contributed by atoms with van der Waals surface area (Å²) < 4.78 is 0. The lowest BCUT2D eigenvalue weighted by Gasteiger charge is -2.27. The fourth-order valence-corrected chi connectivity index (χ4v) is 1.64. The number of aliphatic hydroxyl groups excluding tert-OH is 2. The fourth-order valence-electron chi connectivity index (χ4n) is 1.64. The van der Waals surface area contributed by atoms with E-state index in [1.807, 2.05) is 19.9 Å². The predicted octanol–water partition coefficient (Wildman–Crippen LogP) is 1.34. The van der Waals surface area contributed by atoms with E-state index in [0.29, 0.717) is 18.5 Å². The molecule has 18 heavy (non-hydrogen) atoms. The number of benzene rings is 1. The normalized spacial score (nSPS) is 13.1. The first-order valence-corrected chi connectivity index (χ1v) is 6.02. The van der Waals surface area contributed by atoms with Gasteiger partial charge in [-0.25, -0.2) is 0 Å². The molecule has 3 N–H and O–H groups in total. The van der Waals surface area contributed by atoms with Gasteiger partial charge in [0.05, 0.1) is 17.7 Å². The van der Waals surface area contributed by atoms with Crippen LogP contribution < -0.4 is 5.32 Å². The van der Waals surface area contributed by atoms with Gasteiger partial charge in [-0.1, -0.05) is 12.1 Å². The maximum absolute atomic E-state index is 10.0. The molecule has 0 spiro atoms. The van der Waals surface area contributed by atoms with Crippen molar-refractivity contribution in [3.63, 3.8) is 0 Å². The average Bonchev–Trinajstić information content (AvgIpc) is 2.36. The van der Waals surface area contributed by atoms with Gasteiger partial charge < -0.3 is 15.5 Å². The highest BCUT2D eigenvalue weighted by Crippen LogP contribution is 2.15. The molecule has 1 rings (SSSR count). The van der Waals surface area contributed by atoms with Gasteiger partial charge in [-0.05, 0) is 38.0 Å². The monoisotopic (exact) mass is 248 g/mol. The van der Waals surface area contributed by atoms with E-state index in [0.717, 1.165) is 5.56 Å². The predicted molar refractivity (Wildman–Crippen MR) is 69.9 cm³/mol. The Morgan fingerprint density at radius 3 is 2.44 bits per heavy atom. The van der Waals surface area contributed by atoms with Gasteiger partial charge in [-0.3, -0.25) is 0 Å². The first-order chi connectivity index (χ1) is 8.48. The molecular weight excluding hydrogens is 228 g/mol. The van der Waals surface area contributed by atoms with Crippen molar-refractivity contribution in [2.45, 2.75) is 31.9 Å². The molecule has 4 nitrogen and oxygen atoms in total. The van der Waals surface area contributed by atoms with Crippen molar-refractivity contribution in [1.29, 1.82) is 5.26 Å². The summed E-state index contributed by atoms with van der Waals surface area (Å²) in [5.74, 6) is 0. The van der Waals surface area contributed by atoms with Crippen molar-refractivity contribution in [3.8, 4) is 6.07 Å². The van der Waals surface area contributed by atoms with Crippen LogP contribution in [0.5, 0.6) is 0 Å². The molecule has 1 aromatic rings. The van der Waals surface area contributed by atoms with Crippen LogP contribution >= 0.6 is 0 Å². The fraction of sp³-hybridized carbons (Fsp3) is 0.500. The number of β-amino-alcohol motifs (C(OH)–C–C–N with tert-alkyl or cyclic N) is 1. The van der Waals surface area contributed by atoms with Crippen LogP contribution in [0.3, 0.4) is 0 Å². The van der Waals surface area contributed by atoms with Crippen molar-refractivity contribution in [1.82, 2.24) is 5.32 Å². The second-order valence-electron chi connectivity index (χ2n) is 4.99. The minimum atomic E-state index is -0.615. The number of nitrogens with one attached hydrogen (secondary N) is 1. The molecule has 0 amide bonds. The highest BCUT2D eigenvalue weighted by molar-refractivity contribution is 5.32.